The van der Waals surface area contributed by atoms with E-state index in [0.717, 1.165) is 30.6 Å². The molecule has 3 fully saturated rings. The van der Waals surface area contributed by atoms with Crippen LogP contribution in [-0.2, 0) is 13.3 Å². The molecule has 1 aromatic heterocycles. The van der Waals surface area contributed by atoms with Crippen molar-refractivity contribution in [1.82, 2.24) is 4.90 Å². The van der Waals surface area contributed by atoms with Gasteiger partial charge in [0.1, 0.15) is 8.07 Å². The van der Waals surface area contributed by atoms with E-state index in [1.165, 1.54) is 0 Å². The molecule has 6 nitrogen and oxygen atoms in total. The van der Waals surface area contributed by atoms with E-state index in [2.05, 4.69) is 24.1 Å². The Kier molecular flexibility index (Phi) is 4.88. The maximum atomic E-state index is 10.1. The molecular formula is C14H25NO5Si2. The number of furan rings is 1. The third-order valence-corrected chi connectivity index (χ3v) is 10.8. The van der Waals surface area contributed by atoms with Gasteiger partial charge in [-0.3, -0.25) is 4.90 Å². The molecule has 1 aromatic rings. The second-order valence-electron chi connectivity index (χ2n) is 6.61. The Hall–Kier alpha value is -0.486. The molecular weight excluding hydrogens is 318 g/mol. The average Bonchev–Trinajstić information content (AvgIpc) is 2.94. The highest BCUT2D eigenvalue weighted by molar-refractivity contribution is 6.89. The highest BCUT2D eigenvalue weighted by atomic mass is 28.4. The summed E-state index contributed by atoms with van der Waals surface area (Å²) in [6.45, 7) is 7.99. The largest absolute Gasteiger partial charge is 0.502 e. The van der Waals surface area contributed by atoms with Crippen molar-refractivity contribution in [2.75, 3.05) is 32.8 Å². The van der Waals surface area contributed by atoms with Crippen molar-refractivity contribution in [3.05, 3.63) is 18.4 Å². The molecule has 8 heteroatoms. The van der Waals surface area contributed by atoms with Gasteiger partial charge in [-0.05, 0) is 18.2 Å². The molecule has 0 radical (unpaired) electrons. The standard InChI is InChI=1S/C14H25NO5Si2/c1-21(2,14-4-3-7-17-14)10-11-22-18-8-5-15(6-9-19-22)12-13(16)20-22/h3-4,7,13,16H,5-6,8-12H2,1-2H3. The molecule has 4 heterocycles. The minimum Gasteiger partial charge on any atom is -0.475 e. The Bertz CT molecular complexity index is 472. The van der Waals surface area contributed by atoms with Gasteiger partial charge in [-0.1, -0.05) is 13.1 Å². The first-order valence-corrected chi connectivity index (χ1v) is 13.0. The fourth-order valence-electron chi connectivity index (χ4n) is 2.99. The third kappa shape index (κ3) is 3.70. The summed E-state index contributed by atoms with van der Waals surface area (Å²) in [4.78, 5) is 2.11. The molecule has 3 aliphatic rings. The van der Waals surface area contributed by atoms with Gasteiger partial charge in [0.05, 0.1) is 24.9 Å². The summed E-state index contributed by atoms with van der Waals surface area (Å²) >= 11 is 0. The molecule has 0 aromatic carbocycles. The normalized spacial score (nSPS) is 33.2. The summed E-state index contributed by atoms with van der Waals surface area (Å²) in [5, 5.41) is 11.2. The van der Waals surface area contributed by atoms with Crippen molar-refractivity contribution < 1.29 is 22.8 Å². The van der Waals surface area contributed by atoms with Crippen LogP contribution < -0.4 is 5.38 Å². The lowest BCUT2D eigenvalue weighted by atomic mass is 10.4. The number of aliphatic hydroxyl groups is 1. The van der Waals surface area contributed by atoms with Gasteiger partial charge < -0.3 is 22.8 Å². The predicted octanol–water partition coefficient (Wildman–Crippen LogP) is 0.831. The molecule has 2 bridgehead atoms. The summed E-state index contributed by atoms with van der Waals surface area (Å²) in [6.07, 6.45) is 0.911. The van der Waals surface area contributed by atoms with Crippen LogP contribution in [0.4, 0.5) is 0 Å². The summed E-state index contributed by atoms with van der Waals surface area (Å²) in [5.41, 5.74) is 0. The van der Waals surface area contributed by atoms with Crippen molar-refractivity contribution in [2.24, 2.45) is 0 Å². The molecule has 1 N–H and O–H groups in total. The van der Waals surface area contributed by atoms with E-state index in [4.69, 9.17) is 17.7 Å². The van der Waals surface area contributed by atoms with E-state index < -0.39 is 23.2 Å². The fourth-order valence-corrected chi connectivity index (χ4v) is 9.81. The molecule has 124 valence electrons. The molecule has 0 amide bonds. The van der Waals surface area contributed by atoms with Crippen molar-refractivity contribution in [2.45, 2.75) is 31.5 Å². The zero-order valence-corrected chi connectivity index (χ0v) is 15.3. The lowest BCUT2D eigenvalue weighted by molar-refractivity contribution is -0.122. The summed E-state index contributed by atoms with van der Waals surface area (Å²) in [7, 11) is -4.49. The Labute approximate surface area is 133 Å². The topological polar surface area (TPSA) is 64.3 Å². The molecule has 1 unspecified atom stereocenters. The maximum absolute atomic E-state index is 10.1. The zero-order valence-electron chi connectivity index (χ0n) is 13.3. The monoisotopic (exact) mass is 343 g/mol. The first-order chi connectivity index (χ1) is 10.5. The van der Waals surface area contributed by atoms with Gasteiger partial charge in [-0.2, -0.15) is 0 Å². The predicted molar refractivity (Wildman–Crippen MR) is 86.6 cm³/mol. The highest BCUT2D eigenvalue weighted by Crippen LogP contribution is 2.27. The molecule has 0 aliphatic carbocycles. The Morgan fingerprint density at radius 3 is 2.68 bits per heavy atom. The van der Waals surface area contributed by atoms with Crippen LogP contribution in [0.1, 0.15) is 0 Å². The number of hydrogen-bond donors (Lipinski definition) is 1. The van der Waals surface area contributed by atoms with Crippen molar-refractivity contribution >= 4 is 22.3 Å². The second kappa shape index (κ2) is 6.56. The van der Waals surface area contributed by atoms with E-state index in [1.807, 2.05) is 6.07 Å². The van der Waals surface area contributed by atoms with Crippen LogP contribution in [0.25, 0.3) is 0 Å². The lowest BCUT2D eigenvalue weighted by Crippen LogP contribution is -2.58. The molecule has 1 atom stereocenters. The lowest BCUT2D eigenvalue weighted by Gasteiger charge is -2.40. The van der Waals surface area contributed by atoms with Crippen LogP contribution >= 0.6 is 0 Å². The molecule has 3 aliphatic heterocycles. The van der Waals surface area contributed by atoms with Gasteiger partial charge in [0, 0.05) is 25.7 Å². The highest BCUT2D eigenvalue weighted by Gasteiger charge is 2.47. The second-order valence-corrected chi connectivity index (χ2v) is 14.1. The van der Waals surface area contributed by atoms with E-state index >= 15 is 0 Å². The maximum Gasteiger partial charge on any atom is 0.502 e. The van der Waals surface area contributed by atoms with E-state index in [1.54, 1.807) is 6.26 Å². The molecule has 22 heavy (non-hydrogen) atoms. The third-order valence-electron chi connectivity index (χ3n) is 4.43. The minimum absolute atomic E-state index is 0.542. The van der Waals surface area contributed by atoms with E-state index in [9.17, 15) is 5.11 Å². The van der Waals surface area contributed by atoms with Crippen LogP contribution in [0.3, 0.4) is 0 Å². The molecule has 4 rings (SSSR count). The number of hydrogen-bond acceptors (Lipinski definition) is 6. The van der Waals surface area contributed by atoms with Gasteiger partial charge in [-0.15, -0.1) is 0 Å². The minimum atomic E-state index is -2.80. The van der Waals surface area contributed by atoms with Gasteiger partial charge in [0.2, 0.25) is 0 Å². The average molecular weight is 344 g/mol. The van der Waals surface area contributed by atoms with Crippen LogP contribution in [-0.4, -0.2) is 66.0 Å². The molecule has 0 saturated carbocycles. The van der Waals surface area contributed by atoms with Crippen LogP contribution in [0, 0.1) is 0 Å². The van der Waals surface area contributed by atoms with Gasteiger partial charge in [0.15, 0.2) is 6.29 Å². The van der Waals surface area contributed by atoms with Crippen LogP contribution in [0.5, 0.6) is 0 Å². The van der Waals surface area contributed by atoms with Crippen molar-refractivity contribution in [3.8, 4) is 0 Å². The van der Waals surface area contributed by atoms with Crippen molar-refractivity contribution in [1.29, 1.82) is 0 Å². The first kappa shape index (κ1) is 16.4. The molecule has 3 saturated heterocycles. The quantitative estimate of drug-likeness (QED) is 0.817. The zero-order chi connectivity index (χ0) is 15.6. The molecule has 0 spiro atoms. The van der Waals surface area contributed by atoms with E-state index in [0.29, 0.717) is 19.8 Å². The Morgan fingerprint density at radius 1 is 1.32 bits per heavy atom. The van der Waals surface area contributed by atoms with Gasteiger partial charge >= 0.3 is 8.80 Å². The van der Waals surface area contributed by atoms with Crippen molar-refractivity contribution in [3.63, 3.8) is 0 Å². The van der Waals surface area contributed by atoms with Crippen LogP contribution in [0.15, 0.2) is 22.8 Å². The smallest absolute Gasteiger partial charge is 0.475 e. The number of rotatable bonds is 4. The number of aliphatic hydroxyl groups excluding tert-OH is 1. The van der Waals surface area contributed by atoms with E-state index in [-0.39, 0.29) is 0 Å². The number of nitrogens with zero attached hydrogens (tertiary/aromatic N) is 1. The SMILES string of the molecule is C[Si](C)(CC[Si]12OCCN(CCO1)CC(O)O2)c1ccco1. The van der Waals surface area contributed by atoms with Crippen LogP contribution in [0.2, 0.25) is 25.2 Å². The van der Waals surface area contributed by atoms with Gasteiger partial charge in [0.25, 0.3) is 0 Å². The first-order valence-electron chi connectivity index (χ1n) is 7.89. The summed E-state index contributed by atoms with van der Waals surface area (Å²) in [5.74, 6) is 0. The van der Waals surface area contributed by atoms with Gasteiger partial charge in [-0.25, -0.2) is 0 Å². The summed E-state index contributed by atoms with van der Waals surface area (Å²) in [6, 6.07) is 5.69. The Balaban J connectivity index is 1.70. The fraction of sp³-hybridized carbons (Fsp3) is 0.714. The Morgan fingerprint density at radius 2 is 2.05 bits per heavy atom. The summed E-state index contributed by atoms with van der Waals surface area (Å²) < 4.78 is 23.5. The number of fused-ring (bicyclic) bond motifs is 6.